The third-order valence-corrected chi connectivity index (χ3v) is 5.13. The van der Waals surface area contributed by atoms with Crippen molar-refractivity contribution in [2.45, 2.75) is 37.0 Å². The van der Waals surface area contributed by atoms with Crippen molar-refractivity contribution in [2.24, 2.45) is 0 Å². The molecule has 3 heteroatoms. The van der Waals surface area contributed by atoms with E-state index in [9.17, 15) is 0 Å². The summed E-state index contributed by atoms with van der Waals surface area (Å²) in [6.45, 7) is 0. The van der Waals surface area contributed by atoms with Gasteiger partial charge in [-0.15, -0.1) is 0 Å². The fraction of sp³-hybridized carbons (Fsp3) is 0.571. The molecule has 0 radical (unpaired) electrons. The molecular weight excluding hydrogens is 250 g/mol. The fourth-order valence-electron chi connectivity index (χ4n) is 2.42. The maximum atomic E-state index is 6.03. The minimum absolute atomic E-state index is 0.568. The van der Waals surface area contributed by atoms with Crippen LogP contribution in [0.4, 0.5) is 0 Å². The zero-order chi connectivity index (χ0) is 12.1. The van der Waals surface area contributed by atoms with Gasteiger partial charge in [0.15, 0.2) is 0 Å². The lowest BCUT2D eigenvalue weighted by Gasteiger charge is -2.29. The second kappa shape index (κ2) is 6.67. The number of hydrogen-bond donors (Lipinski definition) is 1. The highest BCUT2D eigenvalue weighted by molar-refractivity contribution is 8.00. The lowest BCUT2D eigenvalue weighted by atomic mass is 10.00. The van der Waals surface area contributed by atoms with Gasteiger partial charge in [0, 0.05) is 16.3 Å². The number of thioether (sulfide) groups is 1. The fourth-order valence-corrected chi connectivity index (χ4v) is 4.10. The molecule has 1 aliphatic heterocycles. The van der Waals surface area contributed by atoms with Crippen molar-refractivity contribution in [2.75, 3.05) is 12.8 Å². The summed E-state index contributed by atoms with van der Waals surface area (Å²) in [5, 5.41) is 5.07. The molecule has 1 aromatic carbocycles. The predicted octanol–water partition coefficient (Wildman–Crippen LogP) is 3.76. The van der Waals surface area contributed by atoms with E-state index in [1.54, 1.807) is 0 Å². The average molecular weight is 270 g/mol. The van der Waals surface area contributed by atoms with Crippen molar-refractivity contribution >= 4 is 23.4 Å². The number of halogens is 1. The Hall–Kier alpha value is -0.180. The SMILES string of the molecule is CNC(Cc1cccc(Cl)c1)C1CCCCS1. The molecule has 94 valence electrons. The van der Waals surface area contributed by atoms with Gasteiger partial charge < -0.3 is 5.32 Å². The maximum Gasteiger partial charge on any atom is 0.0408 e. The quantitative estimate of drug-likeness (QED) is 0.893. The lowest BCUT2D eigenvalue weighted by molar-refractivity contribution is 0.495. The third kappa shape index (κ3) is 3.90. The molecule has 0 spiro atoms. The van der Waals surface area contributed by atoms with Gasteiger partial charge in [0.05, 0.1) is 0 Å². The van der Waals surface area contributed by atoms with Gasteiger partial charge in [-0.2, -0.15) is 11.8 Å². The number of rotatable bonds is 4. The van der Waals surface area contributed by atoms with E-state index in [2.05, 4.69) is 36.3 Å². The molecule has 1 nitrogen and oxygen atoms in total. The normalized spacial score (nSPS) is 22.4. The Balaban J connectivity index is 1.98. The molecule has 0 aliphatic carbocycles. The highest BCUT2D eigenvalue weighted by Gasteiger charge is 2.22. The van der Waals surface area contributed by atoms with Crippen LogP contribution in [0.3, 0.4) is 0 Å². The Morgan fingerprint density at radius 1 is 1.47 bits per heavy atom. The van der Waals surface area contributed by atoms with E-state index in [0.717, 1.165) is 16.7 Å². The van der Waals surface area contributed by atoms with Gasteiger partial charge in [0.25, 0.3) is 0 Å². The van der Waals surface area contributed by atoms with Crippen LogP contribution in [0.1, 0.15) is 24.8 Å². The Morgan fingerprint density at radius 2 is 2.35 bits per heavy atom. The zero-order valence-electron chi connectivity index (χ0n) is 10.3. The summed E-state index contributed by atoms with van der Waals surface area (Å²) in [7, 11) is 2.07. The maximum absolute atomic E-state index is 6.03. The van der Waals surface area contributed by atoms with Gasteiger partial charge in [-0.3, -0.25) is 0 Å². The van der Waals surface area contributed by atoms with Crippen LogP contribution in [-0.4, -0.2) is 24.1 Å². The first kappa shape index (κ1) is 13.3. The van der Waals surface area contributed by atoms with Gasteiger partial charge in [-0.05, 0) is 49.8 Å². The summed E-state index contributed by atoms with van der Waals surface area (Å²) >= 11 is 8.16. The van der Waals surface area contributed by atoms with Gasteiger partial charge >= 0.3 is 0 Å². The van der Waals surface area contributed by atoms with Gasteiger partial charge in [-0.1, -0.05) is 30.2 Å². The second-order valence-electron chi connectivity index (χ2n) is 4.63. The van der Waals surface area contributed by atoms with Gasteiger partial charge in [0.2, 0.25) is 0 Å². The summed E-state index contributed by atoms with van der Waals surface area (Å²) in [4.78, 5) is 0. The summed E-state index contributed by atoms with van der Waals surface area (Å²) in [6.07, 6.45) is 5.19. The topological polar surface area (TPSA) is 12.0 Å². The van der Waals surface area contributed by atoms with Gasteiger partial charge in [-0.25, -0.2) is 0 Å². The molecular formula is C14H20ClNS. The van der Waals surface area contributed by atoms with Crippen LogP contribution < -0.4 is 5.32 Å². The first-order valence-electron chi connectivity index (χ1n) is 6.33. The van der Waals surface area contributed by atoms with E-state index in [1.807, 2.05) is 12.1 Å². The van der Waals surface area contributed by atoms with Crippen LogP contribution in [0.5, 0.6) is 0 Å². The smallest absolute Gasteiger partial charge is 0.0408 e. The number of hydrogen-bond acceptors (Lipinski definition) is 2. The molecule has 1 aromatic rings. The average Bonchev–Trinajstić information content (AvgIpc) is 2.37. The molecule has 0 amide bonds. The molecule has 2 unspecified atom stereocenters. The third-order valence-electron chi connectivity index (χ3n) is 3.38. The lowest BCUT2D eigenvalue weighted by Crippen LogP contribution is -2.38. The number of nitrogens with one attached hydrogen (secondary N) is 1. The van der Waals surface area contributed by atoms with Crippen LogP contribution in [0.2, 0.25) is 5.02 Å². The van der Waals surface area contributed by atoms with Crippen LogP contribution >= 0.6 is 23.4 Å². The van der Waals surface area contributed by atoms with Crippen molar-refractivity contribution in [1.82, 2.24) is 5.32 Å². The molecule has 1 aliphatic rings. The molecule has 1 N–H and O–H groups in total. The summed E-state index contributed by atoms with van der Waals surface area (Å²) in [5.74, 6) is 1.32. The minimum atomic E-state index is 0.568. The molecule has 0 saturated carbocycles. The van der Waals surface area contributed by atoms with Crippen molar-refractivity contribution < 1.29 is 0 Å². The van der Waals surface area contributed by atoms with E-state index >= 15 is 0 Å². The molecule has 2 atom stereocenters. The Morgan fingerprint density at radius 3 is 3.00 bits per heavy atom. The first-order chi connectivity index (χ1) is 8.29. The monoisotopic (exact) mass is 269 g/mol. The van der Waals surface area contributed by atoms with Crippen LogP contribution in [0, 0.1) is 0 Å². The van der Waals surface area contributed by atoms with Crippen molar-refractivity contribution in [3.63, 3.8) is 0 Å². The van der Waals surface area contributed by atoms with Crippen LogP contribution in [-0.2, 0) is 6.42 Å². The van der Waals surface area contributed by atoms with E-state index in [0.29, 0.717) is 6.04 Å². The molecule has 0 aromatic heterocycles. The van der Waals surface area contributed by atoms with Crippen LogP contribution in [0.15, 0.2) is 24.3 Å². The van der Waals surface area contributed by atoms with Crippen molar-refractivity contribution in [3.05, 3.63) is 34.9 Å². The minimum Gasteiger partial charge on any atom is -0.316 e. The largest absolute Gasteiger partial charge is 0.316 e. The predicted molar refractivity (Wildman–Crippen MR) is 78.1 cm³/mol. The van der Waals surface area contributed by atoms with Gasteiger partial charge in [0.1, 0.15) is 0 Å². The van der Waals surface area contributed by atoms with E-state index < -0.39 is 0 Å². The highest BCUT2D eigenvalue weighted by Crippen LogP contribution is 2.29. The van der Waals surface area contributed by atoms with E-state index in [4.69, 9.17) is 11.6 Å². The highest BCUT2D eigenvalue weighted by atomic mass is 35.5. The Kier molecular flexibility index (Phi) is 5.20. The first-order valence-corrected chi connectivity index (χ1v) is 7.75. The standard InChI is InChI=1S/C14H20ClNS/c1-16-13(14-7-2-3-8-17-14)10-11-5-4-6-12(15)9-11/h4-6,9,13-14,16H,2-3,7-8,10H2,1H3. The Bertz CT molecular complexity index is 350. The zero-order valence-corrected chi connectivity index (χ0v) is 11.9. The number of likely N-dealkylation sites (N-methyl/N-ethyl adjacent to an activating group) is 1. The molecule has 0 bridgehead atoms. The molecule has 17 heavy (non-hydrogen) atoms. The number of benzene rings is 1. The molecule has 1 fully saturated rings. The van der Waals surface area contributed by atoms with Crippen molar-refractivity contribution in [3.8, 4) is 0 Å². The molecule has 1 heterocycles. The van der Waals surface area contributed by atoms with Crippen molar-refractivity contribution in [1.29, 1.82) is 0 Å². The summed E-state index contributed by atoms with van der Waals surface area (Å²) < 4.78 is 0. The Labute approximate surface area is 113 Å². The van der Waals surface area contributed by atoms with E-state index in [-0.39, 0.29) is 0 Å². The molecule has 1 saturated heterocycles. The molecule has 2 rings (SSSR count). The second-order valence-corrected chi connectivity index (χ2v) is 6.42. The summed E-state index contributed by atoms with van der Waals surface area (Å²) in [6, 6.07) is 8.80. The van der Waals surface area contributed by atoms with E-state index in [1.165, 1.54) is 30.6 Å². The summed E-state index contributed by atoms with van der Waals surface area (Å²) in [5.41, 5.74) is 1.34. The van der Waals surface area contributed by atoms with Crippen LogP contribution in [0.25, 0.3) is 0 Å².